The molecule has 7 heteroatoms. The third-order valence-corrected chi connectivity index (χ3v) is 6.54. The van der Waals surface area contributed by atoms with E-state index in [9.17, 15) is 9.59 Å². The molecule has 2 aliphatic rings. The summed E-state index contributed by atoms with van der Waals surface area (Å²) in [5, 5.41) is 5.41. The summed E-state index contributed by atoms with van der Waals surface area (Å²) in [5.41, 5.74) is 6.17. The number of carbonyl (C=O) groups excluding carboxylic acids is 2. The lowest BCUT2D eigenvalue weighted by Gasteiger charge is -2.19. The number of benzene rings is 1. The zero-order chi connectivity index (χ0) is 22.8. The Bertz CT molecular complexity index is 1240. The summed E-state index contributed by atoms with van der Waals surface area (Å²) in [6.45, 7) is 3.47. The molecule has 0 radical (unpaired) electrons. The van der Waals surface area contributed by atoms with Crippen LogP contribution < -0.4 is 5.43 Å². The number of aromatic nitrogens is 1. The Labute approximate surface area is 192 Å². The van der Waals surface area contributed by atoms with Crippen molar-refractivity contribution in [1.82, 2.24) is 15.3 Å². The van der Waals surface area contributed by atoms with Gasteiger partial charge in [-0.3, -0.25) is 9.59 Å². The second kappa shape index (κ2) is 9.17. The number of hydrogen-bond acceptors (Lipinski definition) is 5. The molecule has 5 rings (SSSR count). The number of carbonyl (C=O) groups is 2. The van der Waals surface area contributed by atoms with Gasteiger partial charge >= 0.3 is 0 Å². The molecular weight excluding hydrogens is 416 g/mol. The molecule has 33 heavy (non-hydrogen) atoms. The summed E-state index contributed by atoms with van der Waals surface area (Å²) in [4.78, 5) is 32.2. The van der Waals surface area contributed by atoms with Crippen molar-refractivity contribution in [3.63, 3.8) is 0 Å². The van der Waals surface area contributed by atoms with E-state index < -0.39 is 0 Å². The van der Waals surface area contributed by atoms with Crippen LogP contribution in [0.2, 0.25) is 0 Å². The highest BCUT2D eigenvalue weighted by molar-refractivity contribution is 6.07. The molecule has 1 saturated heterocycles. The number of rotatable bonds is 3. The third kappa shape index (κ3) is 4.27. The lowest BCUT2D eigenvalue weighted by molar-refractivity contribution is 0.0726. The Hall–Kier alpha value is -3.48. The number of para-hydroxylation sites is 1. The van der Waals surface area contributed by atoms with Crippen LogP contribution in [0, 0.1) is 6.92 Å². The van der Waals surface area contributed by atoms with Crippen LogP contribution in [-0.4, -0.2) is 40.5 Å². The Morgan fingerprint density at radius 3 is 2.61 bits per heavy atom. The van der Waals surface area contributed by atoms with Crippen LogP contribution in [0.25, 0.3) is 10.9 Å². The molecule has 1 aliphatic carbocycles. The number of hydrazone groups is 1. The van der Waals surface area contributed by atoms with Gasteiger partial charge in [0.1, 0.15) is 11.5 Å². The van der Waals surface area contributed by atoms with E-state index in [0.717, 1.165) is 78.7 Å². The van der Waals surface area contributed by atoms with Crippen LogP contribution in [0.3, 0.4) is 0 Å². The molecule has 1 N–H and O–H groups in total. The van der Waals surface area contributed by atoms with Crippen molar-refractivity contribution in [1.29, 1.82) is 0 Å². The Kier molecular flexibility index (Phi) is 5.94. The summed E-state index contributed by atoms with van der Waals surface area (Å²) in [6, 6.07) is 11.3. The molecule has 0 bridgehead atoms. The van der Waals surface area contributed by atoms with Crippen molar-refractivity contribution in [3.8, 4) is 0 Å². The van der Waals surface area contributed by atoms with Crippen molar-refractivity contribution in [2.45, 2.75) is 51.9 Å². The molecule has 1 aromatic carbocycles. The lowest BCUT2D eigenvalue weighted by Crippen LogP contribution is -2.32. The second-order valence-corrected chi connectivity index (χ2v) is 8.80. The molecule has 0 atom stereocenters. The lowest BCUT2D eigenvalue weighted by atomic mass is 9.93. The molecule has 2 aromatic heterocycles. The van der Waals surface area contributed by atoms with E-state index in [1.54, 1.807) is 6.07 Å². The zero-order valence-corrected chi connectivity index (χ0v) is 18.9. The maximum atomic E-state index is 13.2. The first-order valence-corrected chi connectivity index (χ1v) is 11.8. The number of furan rings is 1. The standard InChI is InChI=1S/C26H28N4O3/c1-17-23-20(28-29-25(31)21-14-13-18-9-4-5-10-19(18)27-21)11-8-12-22(23)33-24(17)26(32)30-15-6-2-3-7-16-30/h4-5,9-10,13-14H,2-3,6-8,11-12,15-16H2,1H3,(H,29,31)/b28-20+. The van der Waals surface area contributed by atoms with Gasteiger partial charge in [0.15, 0.2) is 5.76 Å². The third-order valence-electron chi connectivity index (χ3n) is 6.54. The molecular formula is C26H28N4O3. The molecule has 2 amide bonds. The fourth-order valence-electron chi connectivity index (χ4n) is 4.77. The van der Waals surface area contributed by atoms with Gasteiger partial charge in [0.05, 0.1) is 11.2 Å². The van der Waals surface area contributed by atoms with Crippen LogP contribution in [0.5, 0.6) is 0 Å². The average Bonchev–Trinajstić information content (AvgIpc) is 3.01. The topological polar surface area (TPSA) is 87.8 Å². The molecule has 170 valence electrons. The van der Waals surface area contributed by atoms with Crippen molar-refractivity contribution in [2.75, 3.05) is 13.1 Å². The highest BCUT2D eigenvalue weighted by Crippen LogP contribution is 2.31. The summed E-state index contributed by atoms with van der Waals surface area (Å²) in [7, 11) is 0. The van der Waals surface area contributed by atoms with Gasteiger partial charge in [0, 0.05) is 36.0 Å². The monoisotopic (exact) mass is 444 g/mol. The van der Waals surface area contributed by atoms with Gasteiger partial charge in [-0.05, 0) is 44.7 Å². The Morgan fingerprint density at radius 2 is 1.79 bits per heavy atom. The average molecular weight is 445 g/mol. The summed E-state index contributed by atoms with van der Waals surface area (Å²) in [6.07, 6.45) is 6.75. The van der Waals surface area contributed by atoms with Gasteiger partial charge in [-0.1, -0.05) is 37.1 Å². The van der Waals surface area contributed by atoms with Crippen LogP contribution in [0.15, 0.2) is 45.9 Å². The fourth-order valence-corrected chi connectivity index (χ4v) is 4.77. The molecule has 7 nitrogen and oxygen atoms in total. The van der Waals surface area contributed by atoms with Crippen molar-refractivity contribution < 1.29 is 14.0 Å². The van der Waals surface area contributed by atoms with Crippen LogP contribution in [0.4, 0.5) is 0 Å². The minimum atomic E-state index is -0.359. The first-order valence-electron chi connectivity index (χ1n) is 11.8. The highest BCUT2D eigenvalue weighted by Gasteiger charge is 2.30. The summed E-state index contributed by atoms with van der Waals surface area (Å²) >= 11 is 0. The molecule has 0 saturated carbocycles. The number of aryl methyl sites for hydroxylation is 1. The number of fused-ring (bicyclic) bond motifs is 2. The van der Waals surface area contributed by atoms with Crippen LogP contribution in [0.1, 0.15) is 76.5 Å². The number of likely N-dealkylation sites (tertiary alicyclic amines) is 1. The maximum absolute atomic E-state index is 13.2. The normalized spacial score (nSPS) is 17.6. The van der Waals surface area contributed by atoms with Crippen molar-refractivity contribution >= 4 is 28.4 Å². The van der Waals surface area contributed by atoms with E-state index in [-0.39, 0.29) is 11.8 Å². The highest BCUT2D eigenvalue weighted by atomic mass is 16.4. The minimum absolute atomic E-state index is 0.0347. The Balaban J connectivity index is 1.38. The fraction of sp³-hybridized carbons (Fsp3) is 0.385. The SMILES string of the molecule is Cc1c(C(=O)N2CCCCCC2)oc2c1/C(=N/NC(=O)c1ccc3ccccc3n1)CCC2. The predicted octanol–water partition coefficient (Wildman–Crippen LogP) is 4.62. The predicted molar refractivity (Wildman–Crippen MR) is 127 cm³/mol. The van der Waals surface area contributed by atoms with Gasteiger partial charge < -0.3 is 9.32 Å². The molecule has 0 unspecified atom stereocenters. The smallest absolute Gasteiger partial charge is 0.289 e. The van der Waals surface area contributed by atoms with Crippen LogP contribution in [-0.2, 0) is 6.42 Å². The van der Waals surface area contributed by atoms with Gasteiger partial charge in [0.2, 0.25) is 0 Å². The van der Waals surface area contributed by atoms with E-state index in [0.29, 0.717) is 11.5 Å². The maximum Gasteiger partial charge on any atom is 0.289 e. The van der Waals surface area contributed by atoms with Gasteiger partial charge in [-0.25, -0.2) is 10.4 Å². The first-order chi connectivity index (χ1) is 16.1. The summed E-state index contributed by atoms with van der Waals surface area (Å²) < 4.78 is 6.07. The van der Waals surface area contributed by atoms with Gasteiger partial charge in [0.25, 0.3) is 11.8 Å². The van der Waals surface area contributed by atoms with Gasteiger partial charge in [-0.15, -0.1) is 0 Å². The molecule has 3 aromatic rings. The van der Waals surface area contributed by atoms with E-state index in [1.807, 2.05) is 42.2 Å². The van der Waals surface area contributed by atoms with Crippen molar-refractivity contribution in [2.24, 2.45) is 5.10 Å². The quantitative estimate of drug-likeness (QED) is 0.597. The van der Waals surface area contributed by atoms with E-state index >= 15 is 0 Å². The second-order valence-electron chi connectivity index (χ2n) is 8.80. The molecule has 1 aliphatic heterocycles. The minimum Gasteiger partial charge on any atom is -0.455 e. The van der Waals surface area contributed by atoms with E-state index in [4.69, 9.17) is 4.42 Å². The van der Waals surface area contributed by atoms with Crippen molar-refractivity contribution in [3.05, 3.63) is 64.7 Å². The summed E-state index contributed by atoms with van der Waals surface area (Å²) in [5.74, 6) is 0.808. The zero-order valence-electron chi connectivity index (χ0n) is 18.9. The molecule has 1 fully saturated rings. The van der Waals surface area contributed by atoms with E-state index in [2.05, 4.69) is 15.5 Å². The first kappa shape index (κ1) is 21.4. The Morgan fingerprint density at radius 1 is 1.00 bits per heavy atom. The number of nitrogens with zero attached hydrogens (tertiary/aromatic N) is 3. The van der Waals surface area contributed by atoms with Gasteiger partial charge in [-0.2, -0.15) is 5.10 Å². The van der Waals surface area contributed by atoms with Crippen LogP contribution >= 0.6 is 0 Å². The largest absolute Gasteiger partial charge is 0.455 e. The molecule has 0 spiro atoms. The van der Waals surface area contributed by atoms with E-state index in [1.165, 1.54) is 12.8 Å². The number of hydrogen-bond donors (Lipinski definition) is 1. The molecule has 3 heterocycles. The number of nitrogens with one attached hydrogen (secondary N) is 1. The number of amides is 2. The number of pyridine rings is 1.